The molecule has 1 aliphatic carbocycles. The molecule has 3 aromatic rings. The van der Waals surface area contributed by atoms with Gasteiger partial charge in [0.1, 0.15) is 11.6 Å². The number of carbonyl (C=O) groups excluding carboxylic acids is 1. The molecule has 0 spiro atoms. The Bertz CT molecular complexity index is 1220. The fourth-order valence-electron chi connectivity index (χ4n) is 5.03. The molecule has 0 radical (unpaired) electrons. The molecule has 2 fully saturated rings. The molecule has 3 heterocycles. The molecule has 1 saturated carbocycles. The maximum atomic E-state index is 13.5. The number of esters is 1. The number of anilines is 1. The number of aromatic nitrogens is 2. The van der Waals surface area contributed by atoms with Crippen LogP contribution in [-0.2, 0) is 14.2 Å². The van der Waals surface area contributed by atoms with Gasteiger partial charge in [0.05, 0.1) is 48.8 Å². The number of rotatable bonds is 8. The van der Waals surface area contributed by atoms with E-state index >= 15 is 0 Å². The van der Waals surface area contributed by atoms with E-state index in [1.807, 2.05) is 36.6 Å². The third-order valence-electron chi connectivity index (χ3n) is 6.90. The molecule has 35 heavy (non-hydrogen) atoms. The summed E-state index contributed by atoms with van der Waals surface area (Å²) in [5, 5.41) is 5.14. The highest BCUT2D eigenvalue weighted by atomic mass is 16.5. The van der Waals surface area contributed by atoms with Gasteiger partial charge in [-0.3, -0.25) is 0 Å². The van der Waals surface area contributed by atoms with Crippen LogP contribution < -0.4 is 4.90 Å². The molecule has 7 heteroatoms. The van der Waals surface area contributed by atoms with Crippen molar-refractivity contribution in [1.29, 1.82) is 0 Å². The van der Waals surface area contributed by atoms with Crippen LogP contribution in [0.5, 0.6) is 0 Å². The quantitative estimate of drug-likeness (QED) is 0.326. The largest absolute Gasteiger partial charge is 0.494 e. The van der Waals surface area contributed by atoms with Crippen molar-refractivity contribution in [3.05, 3.63) is 59.8 Å². The summed E-state index contributed by atoms with van der Waals surface area (Å²) in [6.45, 7) is 11.6. The average molecular weight is 476 g/mol. The topological polar surface area (TPSA) is 65.3 Å². The van der Waals surface area contributed by atoms with Gasteiger partial charge in [0.15, 0.2) is 0 Å². The van der Waals surface area contributed by atoms with Crippen molar-refractivity contribution in [2.75, 3.05) is 44.4 Å². The smallest absolute Gasteiger partial charge is 0.341 e. The Hall–Kier alpha value is -3.32. The Labute approximate surface area is 206 Å². The van der Waals surface area contributed by atoms with Crippen LogP contribution in [0.1, 0.15) is 60.6 Å². The van der Waals surface area contributed by atoms with E-state index in [4.69, 9.17) is 19.3 Å². The van der Waals surface area contributed by atoms with Crippen molar-refractivity contribution in [1.82, 2.24) is 9.61 Å². The van der Waals surface area contributed by atoms with E-state index in [9.17, 15) is 4.79 Å². The lowest BCUT2D eigenvalue weighted by molar-refractivity contribution is 0.0527. The molecule has 2 aromatic heterocycles. The molecular formula is C28H33N3O4. The number of ether oxygens (including phenoxy) is 3. The highest BCUT2D eigenvalue weighted by Crippen LogP contribution is 2.45. The number of fused-ring (bicyclic) bond motifs is 1. The molecule has 5 rings (SSSR count). The number of hydrogen-bond donors (Lipinski definition) is 0. The number of morpholine rings is 1. The molecule has 2 aliphatic rings. The van der Waals surface area contributed by atoms with Gasteiger partial charge in [-0.25, -0.2) is 9.31 Å². The van der Waals surface area contributed by atoms with Crippen molar-refractivity contribution in [3.63, 3.8) is 0 Å². The summed E-state index contributed by atoms with van der Waals surface area (Å²) in [6, 6.07) is 12.3. The summed E-state index contributed by atoms with van der Waals surface area (Å²) < 4.78 is 19.1. The van der Waals surface area contributed by atoms with Gasteiger partial charge in [-0.2, -0.15) is 0 Å². The Morgan fingerprint density at radius 1 is 1.09 bits per heavy atom. The van der Waals surface area contributed by atoms with Gasteiger partial charge in [0.2, 0.25) is 0 Å². The van der Waals surface area contributed by atoms with E-state index in [0.717, 1.165) is 66.1 Å². The van der Waals surface area contributed by atoms with E-state index in [1.165, 1.54) is 0 Å². The molecule has 7 nitrogen and oxygen atoms in total. The lowest BCUT2D eigenvalue weighted by Gasteiger charge is -2.29. The first-order chi connectivity index (χ1) is 17.1. The summed E-state index contributed by atoms with van der Waals surface area (Å²) in [4.78, 5) is 15.8. The molecule has 0 atom stereocenters. The van der Waals surface area contributed by atoms with E-state index in [-0.39, 0.29) is 18.5 Å². The summed E-state index contributed by atoms with van der Waals surface area (Å²) in [5.74, 6) is 1.28. The van der Waals surface area contributed by atoms with Crippen LogP contribution in [0.25, 0.3) is 22.4 Å². The number of benzene rings is 1. The SMILES string of the molecule is C=C(OCC)c1c(C(=O)OCC)c2c(-c3ccccc3)cc(N3CCOCC3)nn2c1C1CCC1. The molecule has 0 unspecified atom stereocenters. The predicted octanol–water partition coefficient (Wildman–Crippen LogP) is 5.29. The van der Waals surface area contributed by atoms with Gasteiger partial charge in [0.25, 0.3) is 0 Å². The van der Waals surface area contributed by atoms with Crippen molar-refractivity contribution in [2.24, 2.45) is 0 Å². The minimum Gasteiger partial charge on any atom is -0.494 e. The van der Waals surface area contributed by atoms with Gasteiger partial charge in [0, 0.05) is 24.6 Å². The van der Waals surface area contributed by atoms with Crippen LogP contribution in [0.2, 0.25) is 0 Å². The fraction of sp³-hybridized carbons (Fsp3) is 0.429. The zero-order valence-electron chi connectivity index (χ0n) is 20.6. The minimum atomic E-state index is -0.371. The summed E-state index contributed by atoms with van der Waals surface area (Å²) in [5.41, 5.74) is 4.95. The lowest BCUT2D eigenvalue weighted by Crippen LogP contribution is -2.37. The molecule has 0 amide bonds. The highest BCUT2D eigenvalue weighted by Gasteiger charge is 2.36. The first-order valence-electron chi connectivity index (χ1n) is 12.6. The van der Waals surface area contributed by atoms with Crippen molar-refractivity contribution < 1.29 is 19.0 Å². The first kappa shape index (κ1) is 23.4. The Morgan fingerprint density at radius 3 is 2.43 bits per heavy atom. The van der Waals surface area contributed by atoms with Gasteiger partial charge in [-0.05, 0) is 38.3 Å². The van der Waals surface area contributed by atoms with Crippen molar-refractivity contribution >= 4 is 23.1 Å². The maximum absolute atomic E-state index is 13.5. The normalized spacial score (nSPS) is 16.2. The van der Waals surface area contributed by atoms with E-state index < -0.39 is 0 Å². The molecule has 1 aromatic carbocycles. The lowest BCUT2D eigenvalue weighted by atomic mass is 9.81. The van der Waals surface area contributed by atoms with E-state index in [1.54, 1.807) is 0 Å². The van der Waals surface area contributed by atoms with Crippen LogP contribution in [-0.4, -0.2) is 55.1 Å². The highest BCUT2D eigenvalue weighted by molar-refractivity contribution is 6.07. The fourth-order valence-corrected chi connectivity index (χ4v) is 5.03. The van der Waals surface area contributed by atoms with E-state index in [2.05, 4.69) is 29.7 Å². The van der Waals surface area contributed by atoms with Gasteiger partial charge < -0.3 is 19.1 Å². The summed E-state index contributed by atoms with van der Waals surface area (Å²) >= 11 is 0. The second-order valence-electron chi connectivity index (χ2n) is 8.98. The van der Waals surface area contributed by atoms with Crippen molar-refractivity contribution in [2.45, 2.75) is 39.0 Å². The Balaban J connectivity index is 1.86. The van der Waals surface area contributed by atoms with Crippen molar-refractivity contribution in [3.8, 4) is 11.1 Å². The molecular weight excluding hydrogens is 442 g/mol. The first-order valence-corrected chi connectivity index (χ1v) is 12.6. The van der Waals surface area contributed by atoms with Gasteiger partial charge >= 0.3 is 5.97 Å². The molecule has 184 valence electrons. The van der Waals surface area contributed by atoms with E-state index in [0.29, 0.717) is 31.1 Å². The summed E-state index contributed by atoms with van der Waals surface area (Å²) in [7, 11) is 0. The predicted molar refractivity (Wildman–Crippen MR) is 137 cm³/mol. The van der Waals surface area contributed by atoms with Crippen LogP contribution in [0.4, 0.5) is 5.82 Å². The maximum Gasteiger partial charge on any atom is 0.341 e. The average Bonchev–Trinajstić information content (AvgIpc) is 3.19. The number of hydrogen-bond acceptors (Lipinski definition) is 6. The number of nitrogens with zero attached hydrogens (tertiary/aromatic N) is 3. The monoisotopic (exact) mass is 475 g/mol. The molecule has 0 bridgehead atoms. The molecule has 0 N–H and O–H groups in total. The van der Waals surface area contributed by atoms with Crippen LogP contribution in [0, 0.1) is 0 Å². The number of carbonyl (C=O) groups is 1. The zero-order valence-corrected chi connectivity index (χ0v) is 20.6. The van der Waals surface area contributed by atoms with Crippen LogP contribution in [0.15, 0.2) is 43.0 Å². The molecule has 1 saturated heterocycles. The molecule has 1 aliphatic heterocycles. The zero-order chi connectivity index (χ0) is 24.4. The Kier molecular flexibility index (Phi) is 6.77. The minimum absolute atomic E-state index is 0.286. The second-order valence-corrected chi connectivity index (χ2v) is 8.98. The van der Waals surface area contributed by atoms with Gasteiger partial charge in [-0.15, -0.1) is 5.10 Å². The Morgan fingerprint density at radius 2 is 1.80 bits per heavy atom. The second kappa shape index (κ2) is 10.1. The standard InChI is InChI=1S/C28H33N3O4/c1-4-34-19(3)24-25(28(32)35-5-2)27-22(20-10-7-6-8-11-20)18-23(30-14-16-33-17-15-30)29-31(27)26(24)21-12-9-13-21/h6-8,10-11,18,21H,3-5,9,12-17H2,1-2H3. The third kappa shape index (κ3) is 4.29. The van der Waals surface area contributed by atoms with Gasteiger partial charge in [-0.1, -0.05) is 43.3 Å². The summed E-state index contributed by atoms with van der Waals surface area (Å²) in [6.07, 6.45) is 3.25. The van der Waals surface area contributed by atoms with Crippen LogP contribution >= 0.6 is 0 Å². The van der Waals surface area contributed by atoms with Crippen LogP contribution in [0.3, 0.4) is 0 Å². The third-order valence-corrected chi connectivity index (χ3v) is 6.90.